The Morgan fingerprint density at radius 2 is 1.62 bits per heavy atom. The fourth-order valence-electron chi connectivity index (χ4n) is 2.89. The summed E-state index contributed by atoms with van der Waals surface area (Å²) in [6, 6.07) is 12.5. The van der Waals surface area contributed by atoms with E-state index < -0.39 is 6.04 Å². The number of aryl methyl sites for hydroxylation is 1. The summed E-state index contributed by atoms with van der Waals surface area (Å²) in [5.74, 6) is -0.377. The first-order valence-corrected chi connectivity index (χ1v) is 10.6. The van der Waals surface area contributed by atoms with E-state index in [2.05, 4.69) is 5.32 Å². The monoisotopic (exact) mass is 434 g/mol. The minimum atomic E-state index is -0.626. The molecule has 156 valence electrons. The molecule has 0 radical (unpaired) electrons. The highest BCUT2D eigenvalue weighted by atomic mass is 35.5. The van der Waals surface area contributed by atoms with Crippen LogP contribution in [0.2, 0.25) is 10.0 Å². The van der Waals surface area contributed by atoms with E-state index in [0.717, 1.165) is 17.5 Å². The van der Waals surface area contributed by atoms with Crippen molar-refractivity contribution in [3.63, 3.8) is 0 Å². The fourth-order valence-corrected chi connectivity index (χ4v) is 3.42. The van der Waals surface area contributed by atoms with Gasteiger partial charge in [-0.1, -0.05) is 66.0 Å². The zero-order chi connectivity index (χ0) is 21.6. The van der Waals surface area contributed by atoms with Gasteiger partial charge in [-0.2, -0.15) is 0 Å². The molecule has 0 heterocycles. The van der Waals surface area contributed by atoms with Crippen molar-refractivity contribution in [1.82, 2.24) is 10.2 Å². The van der Waals surface area contributed by atoms with Crippen molar-refractivity contribution in [3.05, 3.63) is 69.2 Å². The number of amides is 2. The molecule has 2 aromatic carbocycles. The average Bonchev–Trinajstić information content (AvgIpc) is 2.69. The Hall–Kier alpha value is -2.04. The molecule has 0 unspecified atom stereocenters. The summed E-state index contributed by atoms with van der Waals surface area (Å²) in [4.78, 5) is 27.5. The van der Waals surface area contributed by atoms with Gasteiger partial charge in [-0.3, -0.25) is 9.59 Å². The maximum absolute atomic E-state index is 13.2. The lowest BCUT2D eigenvalue weighted by atomic mass is 10.1. The molecule has 0 fully saturated rings. The van der Waals surface area contributed by atoms with Gasteiger partial charge >= 0.3 is 0 Å². The van der Waals surface area contributed by atoms with E-state index in [-0.39, 0.29) is 24.3 Å². The van der Waals surface area contributed by atoms with E-state index in [4.69, 9.17) is 23.2 Å². The highest BCUT2D eigenvalue weighted by Crippen LogP contribution is 2.26. The normalized spacial score (nSPS) is 12.9. The minimum Gasteiger partial charge on any atom is -0.352 e. The predicted octanol–water partition coefficient (Wildman–Crippen LogP) is 5.18. The van der Waals surface area contributed by atoms with Crippen LogP contribution in [0.3, 0.4) is 0 Å². The van der Waals surface area contributed by atoms with Gasteiger partial charge in [-0.15, -0.1) is 0 Å². The molecule has 2 amide bonds. The lowest BCUT2D eigenvalue weighted by Crippen LogP contribution is -2.49. The van der Waals surface area contributed by atoms with E-state index in [9.17, 15) is 9.59 Å². The van der Waals surface area contributed by atoms with Gasteiger partial charge in [0.2, 0.25) is 11.8 Å². The summed E-state index contributed by atoms with van der Waals surface area (Å²) >= 11 is 12.5. The minimum absolute atomic E-state index is 0.0331. The number of nitrogens with zero attached hydrogens (tertiary/aromatic N) is 1. The quantitative estimate of drug-likeness (QED) is 0.622. The van der Waals surface area contributed by atoms with Crippen LogP contribution in [0.25, 0.3) is 0 Å². The zero-order valence-corrected chi connectivity index (χ0v) is 18.8. The van der Waals surface area contributed by atoms with Gasteiger partial charge in [0.1, 0.15) is 6.04 Å². The summed E-state index contributed by atoms with van der Waals surface area (Å²) < 4.78 is 0. The third kappa shape index (κ3) is 6.48. The number of benzene rings is 2. The molecule has 4 nitrogen and oxygen atoms in total. The molecule has 2 rings (SSSR count). The Morgan fingerprint density at radius 1 is 1.03 bits per heavy atom. The summed E-state index contributed by atoms with van der Waals surface area (Å²) in [6.45, 7) is 8.03. The molecule has 2 atom stereocenters. The van der Waals surface area contributed by atoms with Crippen molar-refractivity contribution in [2.45, 2.75) is 59.2 Å². The first kappa shape index (κ1) is 23.2. The molecule has 0 aliphatic heterocycles. The third-order valence-corrected chi connectivity index (χ3v) is 5.74. The van der Waals surface area contributed by atoms with E-state index in [0.29, 0.717) is 22.2 Å². The molecular weight excluding hydrogens is 407 g/mol. The molecule has 2 aromatic rings. The predicted molar refractivity (Wildman–Crippen MR) is 119 cm³/mol. The molecule has 29 heavy (non-hydrogen) atoms. The Morgan fingerprint density at radius 3 is 2.17 bits per heavy atom. The van der Waals surface area contributed by atoms with Gasteiger partial charge in [0, 0.05) is 22.6 Å². The number of carbonyl (C=O) groups excluding carboxylic acids is 2. The topological polar surface area (TPSA) is 49.4 Å². The fraction of sp³-hybridized carbons (Fsp3) is 0.391. The van der Waals surface area contributed by atoms with Gasteiger partial charge in [-0.05, 0) is 50.5 Å². The van der Waals surface area contributed by atoms with Crippen LogP contribution in [0, 0.1) is 6.92 Å². The van der Waals surface area contributed by atoms with Crippen molar-refractivity contribution in [3.8, 4) is 0 Å². The number of halogens is 2. The lowest BCUT2D eigenvalue weighted by molar-refractivity contribution is -0.140. The van der Waals surface area contributed by atoms with Crippen molar-refractivity contribution in [1.29, 1.82) is 0 Å². The van der Waals surface area contributed by atoms with Crippen LogP contribution in [-0.4, -0.2) is 28.8 Å². The molecule has 0 aromatic heterocycles. The maximum atomic E-state index is 13.2. The van der Waals surface area contributed by atoms with Crippen molar-refractivity contribution in [2.24, 2.45) is 0 Å². The number of rotatable bonds is 8. The summed E-state index contributed by atoms with van der Waals surface area (Å²) in [5.41, 5.74) is 2.67. The summed E-state index contributed by atoms with van der Waals surface area (Å²) in [5, 5.41) is 3.85. The van der Waals surface area contributed by atoms with E-state index in [1.807, 2.05) is 45.0 Å². The van der Waals surface area contributed by atoms with Gasteiger partial charge in [-0.25, -0.2) is 0 Å². The molecule has 0 bridgehead atoms. The van der Waals surface area contributed by atoms with Gasteiger partial charge in [0.05, 0.1) is 6.42 Å². The first-order chi connectivity index (χ1) is 13.7. The lowest BCUT2D eigenvalue weighted by Gasteiger charge is -2.30. The van der Waals surface area contributed by atoms with Gasteiger partial charge in [0.15, 0.2) is 0 Å². The molecule has 0 aliphatic carbocycles. The Labute approximate surface area is 183 Å². The van der Waals surface area contributed by atoms with Crippen LogP contribution < -0.4 is 5.32 Å². The van der Waals surface area contributed by atoms with Crippen LogP contribution >= 0.6 is 23.2 Å². The number of hydrogen-bond donors (Lipinski definition) is 1. The second kappa shape index (κ2) is 10.7. The maximum Gasteiger partial charge on any atom is 0.242 e. The third-order valence-electron chi connectivity index (χ3n) is 5.03. The van der Waals surface area contributed by atoms with Crippen LogP contribution in [0.15, 0.2) is 42.5 Å². The highest BCUT2D eigenvalue weighted by Gasteiger charge is 2.27. The average molecular weight is 435 g/mol. The zero-order valence-electron chi connectivity index (χ0n) is 17.3. The van der Waals surface area contributed by atoms with Crippen LogP contribution in [0.1, 0.15) is 43.9 Å². The SMILES string of the molecule is CC[C@@H](C)NC(=O)[C@@H](C)N(Cc1ccc(C)cc1)C(=O)Cc1c(Cl)cccc1Cl. The molecule has 0 saturated heterocycles. The summed E-state index contributed by atoms with van der Waals surface area (Å²) in [7, 11) is 0. The van der Waals surface area contributed by atoms with Crippen molar-refractivity contribution in [2.75, 3.05) is 0 Å². The number of nitrogens with one attached hydrogen (secondary N) is 1. The van der Waals surface area contributed by atoms with Gasteiger partial charge < -0.3 is 10.2 Å². The van der Waals surface area contributed by atoms with Crippen LogP contribution in [-0.2, 0) is 22.6 Å². The molecule has 6 heteroatoms. The van der Waals surface area contributed by atoms with Crippen molar-refractivity contribution >= 4 is 35.0 Å². The van der Waals surface area contributed by atoms with Crippen LogP contribution in [0.5, 0.6) is 0 Å². The van der Waals surface area contributed by atoms with E-state index in [1.54, 1.807) is 30.0 Å². The number of carbonyl (C=O) groups is 2. The second-order valence-electron chi connectivity index (χ2n) is 7.38. The summed E-state index contributed by atoms with van der Waals surface area (Å²) in [6.07, 6.45) is 0.852. The molecule has 0 aliphatic rings. The Kier molecular flexibility index (Phi) is 8.54. The molecule has 1 N–H and O–H groups in total. The molecule has 0 spiro atoms. The highest BCUT2D eigenvalue weighted by molar-refractivity contribution is 6.36. The second-order valence-corrected chi connectivity index (χ2v) is 8.19. The largest absolute Gasteiger partial charge is 0.352 e. The Bertz CT molecular complexity index is 832. The Balaban J connectivity index is 2.28. The smallest absolute Gasteiger partial charge is 0.242 e. The van der Waals surface area contributed by atoms with E-state index >= 15 is 0 Å². The number of hydrogen-bond acceptors (Lipinski definition) is 2. The van der Waals surface area contributed by atoms with Gasteiger partial charge in [0.25, 0.3) is 0 Å². The van der Waals surface area contributed by atoms with Crippen molar-refractivity contribution < 1.29 is 9.59 Å². The molecule has 0 saturated carbocycles. The first-order valence-electron chi connectivity index (χ1n) is 9.81. The van der Waals surface area contributed by atoms with Crippen LogP contribution in [0.4, 0.5) is 0 Å². The molecular formula is C23H28Cl2N2O2. The standard InChI is InChI=1S/C23H28Cl2N2O2/c1-5-16(3)26-23(29)17(4)27(14-18-11-9-15(2)10-12-18)22(28)13-19-20(24)7-6-8-21(19)25/h6-12,16-17H,5,13-14H2,1-4H3,(H,26,29)/t16-,17-/m1/s1. The van der Waals surface area contributed by atoms with E-state index in [1.165, 1.54) is 0 Å².